The topological polar surface area (TPSA) is 66.4 Å². The Hall–Kier alpha value is -0.760. The molecule has 0 aromatic carbocycles. The first-order valence-electron chi connectivity index (χ1n) is 6.06. The zero-order chi connectivity index (χ0) is 20.4. The van der Waals surface area contributed by atoms with Crippen molar-refractivity contribution in [3.63, 3.8) is 0 Å². The molecule has 0 saturated heterocycles. The van der Waals surface area contributed by atoms with E-state index in [9.17, 15) is 47.9 Å². The lowest BCUT2D eigenvalue weighted by Gasteiger charge is -2.31. The Labute approximate surface area is 132 Å². The van der Waals surface area contributed by atoms with Gasteiger partial charge in [0, 0.05) is 12.1 Å². The van der Waals surface area contributed by atoms with Crippen LogP contribution in [0.5, 0.6) is 0 Å². The van der Waals surface area contributed by atoms with Gasteiger partial charge in [0.1, 0.15) is 0 Å². The van der Waals surface area contributed by atoms with Gasteiger partial charge in [-0.25, -0.2) is 0 Å². The van der Waals surface area contributed by atoms with E-state index < -0.39 is 33.4 Å². The summed E-state index contributed by atoms with van der Waals surface area (Å²) in [7, 11) is -7.17. The fourth-order valence-corrected chi connectivity index (χ4v) is 1.64. The summed E-state index contributed by atoms with van der Waals surface area (Å²) in [4.78, 5) is 0. The SMILES string of the molecule is CC(C)NC(C)C.O=S(=O)(O)C(F)(F)C(F)(F)C(F)(F)C(F)(F)F. The molecule has 2 N–H and O–H groups in total. The highest BCUT2D eigenvalue weighted by Gasteiger charge is 2.85. The Balaban J connectivity index is 0. The van der Waals surface area contributed by atoms with Crippen LogP contribution < -0.4 is 5.32 Å². The van der Waals surface area contributed by atoms with E-state index in [4.69, 9.17) is 4.55 Å². The molecule has 0 atom stereocenters. The quantitative estimate of drug-likeness (QED) is 0.545. The second-order valence-electron chi connectivity index (χ2n) is 5.11. The number of hydrogen-bond acceptors (Lipinski definition) is 3. The third-order valence-corrected chi connectivity index (χ3v) is 3.01. The summed E-state index contributed by atoms with van der Waals surface area (Å²) < 4.78 is 134. The van der Waals surface area contributed by atoms with Crippen molar-refractivity contribution in [3.8, 4) is 0 Å². The van der Waals surface area contributed by atoms with Crippen molar-refractivity contribution in [3.05, 3.63) is 0 Å². The van der Waals surface area contributed by atoms with E-state index in [0.29, 0.717) is 12.1 Å². The number of hydrogen-bond donors (Lipinski definition) is 2. The van der Waals surface area contributed by atoms with Crippen LogP contribution >= 0.6 is 0 Å². The van der Waals surface area contributed by atoms with Crippen molar-refractivity contribution in [2.75, 3.05) is 0 Å². The molecule has 0 aromatic rings. The Morgan fingerprint density at radius 2 is 1.04 bits per heavy atom. The van der Waals surface area contributed by atoms with Crippen LogP contribution in [0, 0.1) is 0 Å². The Kier molecular flexibility index (Phi) is 8.11. The normalized spacial score (nSPS) is 14.7. The molecule has 0 saturated carbocycles. The lowest BCUT2D eigenvalue weighted by molar-refractivity contribution is -0.382. The number of rotatable bonds is 5. The predicted octanol–water partition coefficient (Wildman–Crippen LogP) is 3.69. The lowest BCUT2D eigenvalue weighted by Crippen LogP contribution is -2.63. The maximum absolute atomic E-state index is 12.2. The smallest absolute Gasteiger partial charge is 0.312 e. The van der Waals surface area contributed by atoms with Crippen LogP contribution in [0.2, 0.25) is 0 Å². The minimum atomic E-state index is -7.37. The third kappa shape index (κ3) is 5.65. The maximum Gasteiger partial charge on any atom is 0.460 e. The maximum atomic E-state index is 12.2. The monoisotopic (exact) mass is 401 g/mol. The highest BCUT2D eigenvalue weighted by atomic mass is 32.2. The summed E-state index contributed by atoms with van der Waals surface area (Å²) in [5, 5.41) is -3.70. The predicted molar refractivity (Wildman–Crippen MR) is 65.9 cm³/mol. The highest BCUT2D eigenvalue weighted by Crippen LogP contribution is 2.54. The molecule has 0 aliphatic rings. The molecule has 0 rings (SSSR count). The van der Waals surface area contributed by atoms with E-state index in [0.717, 1.165) is 0 Å². The van der Waals surface area contributed by atoms with Crippen LogP contribution in [-0.4, -0.2) is 48.3 Å². The molecule has 24 heavy (non-hydrogen) atoms. The fourth-order valence-electron chi connectivity index (χ4n) is 1.19. The Bertz CT molecular complexity index is 494. The van der Waals surface area contributed by atoms with Gasteiger partial charge in [0.15, 0.2) is 0 Å². The first kappa shape index (κ1) is 25.5. The number of alkyl halides is 9. The van der Waals surface area contributed by atoms with E-state index in [2.05, 4.69) is 33.0 Å². The molecule has 0 aliphatic heterocycles. The van der Waals surface area contributed by atoms with Crippen molar-refractivity contribution in [1.82, 2.24) is 5.32 Å². The lowest BCUT2D eigenvalue weighted by atomic mass is 10.1. The minimum absolute atomic E-state index is 0.625. The standard InChI is InChI=1S/C6H15N.C4HF9O3S/c1-5(2)7-6(3)4;5-1(6,3(9,10)11)2(7,8)4(12,13)17(14,15)16/h5-7H,1-4H3;(H,14,15,16). The van der Waals surface area contributed by atoms with Crippen LogP contribution in [0.1, 0.15) is 27.7 Å². The molecule has 0 aliphatic carbocycles. The summed E-state index contributed by atoms with van der Waals surface area (Å²) >= 11 is 0. The molecule has 0 unspecified atom stereocenters. The van der Waals surface area contributed by atoms with Crippen molar-refractivity contribution in [2.24, 2.45) is 0 Å². The Morgan fingerprint density at radius 3 is 1.17 bits per heavy atom. The van der Waals surface area contributed by atoms with E-state index in [1.54, 1.807) is 0 Å². The second kappa shape index (κ2) is 7.64. The molecule has 0 amide bonds. The van der Waals surface area contributed by atoms with Crippen LogP contribution in [0.15, 0.2) is 0 Å². The first-order valence-corrected chi connectivity index (χ1v) is 7.50. The minimum Gasteiger partial charge on any atom is -0.312 e. The fraction of sp³-hybridized carbons (Fsp3) is 1.00. The van der Waals surface area contributed by atoms with Crippen molar-refractivity contribution in [2.45, 2.75) is 63.1 Å². The average Bonchev–Trinajstić information content (AvgIpc) is 2.23. The summed E-state index contributed by atoms with van der Waals surface area (Å²) in [6.07, 6.45) is -7.13. The third-order valence-electron chi connectivity index (χ3n) is 2.11. The summed E-state index contributed by atoms with van der Waals surface area (Å²) in [5.41, 5.74) is 0. The van der Waals surface area contributed by atoms with E-state index >= 15 is 0 Å². The van der Waals surface area contributed by atoms with Crippen LogP contribution in [-0.2, 0) is 10.1 Å². The summed E-state index contributed by atoms with van der Waals surface area (Å²) in [6.45, 7) is 8.61. The van der Waals surface area contributed by atoms with Crippen LogP contribution in [0.25, 0.3) is 0 Å². The molecular weight excluding hydrogens is 385 g/mol. The second-order valence-corrected chi connectivity index (χ2v) is 6.58. The van der Waals surface area contributed by atoms with Crippen molar-refractivity contribution >= 4 is 10.1 Å². The molecule has 4 nitrogen and oxygen atoms in total. The van der Waals surface area contributed by atoms with Crippen LogP contribution in [0.3, 0.4) is 0 Å². The molecule has 0 aromatic heterocycles. The van der Waals surface area contributed by atoms with E-state index in [1.807, 2.05) is 0 Å². The molecule has 0 heterocycles. The largest absolute Gasteiger partial charge is 0.460 e. The highest BCUT2D eigenvalue weighted by molar-refractivity contribution is 7.87. The van der Waals surface area contributed by atoms with Gasteiger partial charge in [0.05, 0.1) is 0 Å². The average molecular weight is 401 g/mol. The Morgan fingerprint density at radius 1 is 0.750 bits per heavy atom. The number of halogens is 9. The zero-order valence-electron chi connectivity index (χ0n) is 12.7. The molecule has 0 spiro atoms. The van der Waals surface area contributed by atoms with Gasteiger partial charge in [-0.2, -0.15) is 47.9 Å². The van der Waals surface area contributed by atoms with Gasteiger partial charge in [0.25, 0.3) is 0 Å². The van der Waals surface area contributed by atoms with Gasteiger partial charge in [-0.3, -0.25) is 4.55 Å². The van der Waals surface area contributed by atoms with Crippen LogP contribution in [0.4, 0.5) is 39.5 Å². The molecule has 14 heteroatoms. The summed E-state index contributed by atoms with van der Waals surface area (Å²) in [6, 6.07) is 1.25. The van der Waals surface area contributed by atoms with Gasteiger partial charge in [-0.1, -0.05) is 27.7 Å². The van der Waals surface area contributed by atoms with Crippen molar-refractivity contribution < 1.29 is 52.5 Å². The zero-order valence-corrected chi connectivity index (χ0v) is 13.5. The molecule has 0 radical (unpaired) electrons. The first-order chi connectivity index (χ1) is 10.1. The van der Waals surface area contributed by atoms with Gasteiger partial charge in [-0.05, 0) is 0 Å². The van der Waals surface area contributed by atoms with Gasteiger partial charge in [-0.15, -0.1) is 0 Å². The molecular formula is C10H16F9NO3S. The number of nitrogens with one attached hydrogen (secondary N) is 1. The molecule has 0 bridgehead atoms. The molecule has 148 valence electrons. The van der Waals surface area contributed by atoms with E-state index in [-0.39, 0.29) is 0 Å². The van der Waals surface area contributed by atoms with Crippen molar-refractivity contribution in [1.29, 1.82) is 0 Å². The van der Waals surface area contributed by atoms with Gasteiger partial charge >= 0.3 is 33.4 Å². The molecule has 0 fully saturated rings. The van der Waals surface area contributed by atoms with Gasteiger partial charge in [0.2, 0.25) is 0 Å². The van der Waals surface area contributed by atoms with E-state index in [1.165, 1.54) is 0 Å². The summed E-state index contributed by atoms with van der Waals surface area (Å²) in [5.74, 6) is -14.7. The van der Waals surface area contributed by atoms with Gasteiger partial charge < -0.3 is 5.32 Å².